The summed E-state index contributed by atoms with van der Waals surface area (Å²) in [6.45, 7) is 0. The van der Waals surface area contributed by atoms with Gasteiger partial charge >= 0.3 is 6.18 Å². The zero-order valence-corrected chi connectivity index (χ0v) is 11.7. The van der Waals surface area contributed by atoms with Crippen LogP contribution in [0.2, 0.25) is 0 Å². The van der Waals surface area contributed by atoms with Crippen molar-refractivity contribution in [2.45, 2.75) is 12.3 Å². The van der Waals surface area contributed by atoms with Crippen LogP contribution in [0.5, 0.6) is 0 Å². The summed E-state index contributed by atoms with van der Waals surface area (Å²) in [6.07, 6.45) is -6.05. The Morgan fingerprint density at radius 3 is 2.30 bits per heavy atom. The maximum Gasteiger partial charge on any atom is 0.433 e. The van der Waals surface area contributed by atoms with Crippen molar-refractivity contribution in [1.29, 1.82) is 0 Å². The van der Waals surface area contributed by atoms with Gasteiger partial charge in [0.25, 0.3) is 0 Å². The highest BCUT2D eigenvalue weighted by Gasteiger charge is 2.34. The molecular formula is C17H11F4NO. The Morgan fingerprint density at radius 1 is 0.957 bits per heavy atom. The standard InChI is InChI=1S/C17H11F4NO/c18-13-8-4-7-11-12(16(23)10-5-2-1-3-6-10)9-14(17(19,20)21)22-15(11)13/h1-9,16,23H. The molecule has 0 saturated heterocycles. The van der Waals surface area contributed by atoms with E-state index in [4.69, 9.17) is 0 Å². The maximum atomic E-state index is 13.9. The second-order valence-corrected chi connectivity index (χ2v) is 5.04. The van der Waals surface area contributed by atoms with Crippen LogP contribution in [0.1, 0.15) is 22.9 Å². The Labute approximate surface area is 129 Å². The number of hydrogen-bond donors (Lipinski definition) is 1. The average Bonchev–Trinajstić information content (AvgIpc) is 2.54. The van der Waals surface area contributed by atoms with Crippen LogP contribution in [-0.4, -0.2) is 10.1 Å². The van der Waals surface area contributed by atoms with E-state index in [1.807, 2.05) is 0 Å². The molecule has 0 aliphatic rings. The van der Waals surface area contributed by atoms with Crippen LogP contribution in [-0.2, 0) is 6.18 Å². The highest BCUT2D eigenvalue weighted by molar-refractivity contribution is 5.83. The van der Waals surface area contributed by atoms with Crippen molar-refractivity contribution >= 4 is 10.9 Å². The van der Waals surface area contributed by atoms with Crippen LogP contribution in [0.25, 0.3) is 10.9 Å². The minimum atomic E-state index is -4.73. The molecule has 0 fully saturated rings. The van der Waals surface area contributed by atoms with Crippen LogP contribution >= 0.6 is 0 Å². The van der Waals surface area contributed by atoms with Crippen molar-refractivity contribution in [3.63, 3.8) is 0 Å². The summed E-state index contributed by atoms with van der Waals surface area (Å²) < 4.78 is 53.0. The van der Waals surface area contributed by atoms with Gasteiger partial charge < -0.3 is 5.11 Å². The van der Waals surface area contributed by atoms with Crippen LogP contribution in [0, 0.1) is 5.82 Å². The summed E-state index contributed by atoms with van der Waals surface area (Å²) in [5, 5.41) is 10.6. The van der Waals surface area contributed by atoms with Crippen molar-refractivity contribution in [1.82, 2.24) is 4.98 Å². The van der Waals surface area contributed by atoms with Crippen molar-refractivity contribution in [2.75, 3.05) is 0 Å². The summed E-state index contributed by atoms with van der Waals surface area (Å²) in [6, 6.07) is 12.8. The predicted molar refractivity (Wildman–Crippen MR) is 77.2 cm³/mol. The van der Waals surface area contributed by atoms with Crippen LogP contribution < -0.4 is 0 Å². The van der Waals surface area contributed by atoms with E-state index >= 15 is 0 Å². The van der Waals surface area contributed by atoms with Crippen molar-refractivity contribution in [3.05, 3.63) is 77.2 Å². The van der Waals surface area contributed by atoms with E-state index in [2.05, 4.69) is 4.98 Å². The van der Waals surface area contributed by atoms with Gasteiger partial charge in [0.2, 0.25) is 0 Å². The van der Waals surface area contributed by atoms with Crippen molar-refractivity contribution < 1.29 is 22.7 Å². The zero-order chi connectivity index (χ0) is 16.6. The number of pyridine rings is 1. The lowest BCUT2D eigenvalue weighted by Gasteiger charge is -2.17. The number of alkyl halides is 3. The van der Waals surface area contributed by atoms with Crippen molar-refractivity contribution in [2.24, 2.45) is 0 Å². The largest absolute Gasteiger partial charge is 0.433 e. The minimum Gasteiger partial charge on any atom is -0.384 e. The van der Waals surface area contributed by atoms with Crippen LogP contribution in [0.3, 0.4) is 0 Å². The molecule has 0 radical (unpaired) electrons. The molecule has 2 nitrogen and oxygen atoms in total. The minimum absolute atomic E-state index is 0.0342. The molecule has 3 rings (SSSR count). The number of benzene rings is 2. The third kappa shape index (κ3) is 2.90. The molecule has 0 amide bonds. The number of halogens is 4. The summed E-state index contributed by atoms with van der Waals surface area (Å²) >= 11 is 0. The summed E-state index contributed by atoms with van der Waals surface area (Å²) in [4.78, 5) is 3.37. The third-order valence-corrected chi connectivity index (χ3v) is 3.52. The first-order valence-corrected chi connectivity index (χ1v) is 6.77. The van der Waals surface area contributed by atoms with Gasteiger partial charge in [0.15, 0.2) is 0 Å². The number of nitrogens with zero attached hydrogens (tertiary/aromatic N) is 1. The first-order chi connectivity index (χ1) is 10.9. The van der Waals surface area contributed by atoms with Crippen LogP contribution in [0.4, 0.5) is 17.6 Å². The van der Waals surface area contributed by atoms with Gasteiger partial charge in [0.05, 0.1) is 0 Å². The highest BCUT2D eigenvalue weighted by atomic mass is 19.4. The molecule has 23 heavy (non-hydrogen) atoms. The fourth-order valence-electron chi connectivity index (χ4n) is 2.43. The second kappa shape index (κ2) is 5.62. The van der Waals surface area contributed by atoms with Gasteiger partial charge in [0, 0.05) is 5.39 Å². The van der Waals surface area contributed by atoms with Gasteiger partial charge in [-0.15, -0.1) is 0 Å². The highest BCUT2D eigenvalue weighted by Crippen LogP contribution is 2.35. The van der Waals surface area contributed by atoms with E-state index in [1.54, 1.807) is 30.3 Å². The molecule has 1 unspecified atom stereocenters. The smallest absolute Gasteiger partial charge is 0.384 e. The monoisotopic (exact) mass is 321 g/mol. The lowest BCUT2D eigenvalue weighted by Crippen LogP contribution is -2.11. The van der Waals surface area contributed by atoms with Gasteiger partial charge in [-0.2, -0.15) is 13.2 Å². The van der Waals surface area contributed by atoms with E-state index in [0.29, 0.717) is 5.56 Å². The molecule has 0 bridgehead atoms. The fourth-order valence-corrected chi connectivity index (χ4v) is 2.43. The molecule has 0 spiro atoms. The zero-order valence-electron chi connectivity index (χ0n) is 11.7. The number of para-hydroxylation sites is 1. The fraction of sp³-hybridized carbons (Fsp3) is 0.118. The van der Waals surface area contributed by atoms with Crippen LogP contribution in [0.15, 0.2) is 54.6 Å². The Kier molecular flexibility index (Phi) is 3.77. The van der Waals surface area contributed by atoms with E-state index in [0.717, 1.165) is 12.1 Å². The normalized spacial score (nSPS) is 13.3. The topological polar surface area (TPSA) is 33.1 Å². The molecule has 118 valence electrons. The Hall–Kier alpha value is -2.47. The molecule has 1 atom stereocenters. The summed E-state index contributed by atoms with van der Waals surface area (Å²) in [5.41, 5.74) is -1.27. The predicted octanol–water partition coefficient (Wildman–Crippen LogP) is 4.47. The van der Waals surface area contributed by atoms with E-state index in [9.17, 15) is 22.7 Å². The van der Waals surface area contributed by atoms with E-state index in [1.165, 1.54) is 12.1 Å². The Bertz CT molecular complexity index is 846. The maximum absolute atomic E-state index is 13.9. The van der Waals surface area contributed by atoms with Gasteiger partial charge in [-0.25, -0.2) is 9.37 Å². The first kappa shape index (κ1) is 15.4. The molecule has 6 heteroatoms. The Balaban J connectivity index is 2.28. The van der Waals surface area contributed by atoms with Gasteiger partial charge in [-0.1, -0.05) is 42.5 Å². The number of aliphatic hydroxyl groups excluding tert-OH is 1. The summed E-state index contributed by atoms with van der Waals surface area (Å²) in [7, 11) is 0. The van der Waals surface area contributed by atoms with E-state index < -0.39 is 29.3 Å². The lowest BCUT2D eigenvalue weighted by atomic mass is 9.97. The molecule has 1 N–H and O–H groups in total. The van der Waals surface area contributed by atoms with Crippen molar-refractivity contribution in [3.8, 4) is 0 Å². The molecule has 0 aliphatic heterocycles. The first-order valence-electron chi connectivity index (χ1n) is 6.77. The lowest BCUT2D eigenvalue weighted by molar-refractivity contribution is -0.141. The number of aromatic nitrogens is 1. The molecule has 1 heterocycles. The van der Waals surface area contributed by atoms with E-state index in [-0.39, 0.29) is 10.9 Å². The van der Waals surface area contributed by atoms with Gasteiger partial charge in [0.1, 0.15) is 23.1 Å². The number of hydrogen-bond acceptors (Lipinski definition) is 2. The number of aliphatic hydroxyl groups is 1. The third-order valence-electron chi connectivity index (χ3n) is 3.52. The molecule has 1 aromatic heterocycles. The number of rotatable bonds is 2. The molecule has 0 aliphatic carbocycles. The Morgan fingerprint density at radius 2 is 1.65 bits per heavy atom. The SMILES string of the molecule is OC(c1ccccc1)c1cc(C(F)(F)F)nc2c(F)cccc12. The van der Waals surface area contributed by atoms with Gasteiger partial charge in [-0.05, 0) is 23.3 Å². The quantitative estimate of drug-likeness (QED) is 0.706. The molecule has 2 aromatic carbocycles. The summed E-state index contributed by atoms with van der Waals surface area (Å²) in [5.74, 6) is -0.866. The average molecular weight is 321 g/mol. The second-order valence-electron chi connectivity index (χ2n) is 5.04. The molecule has 0 saturated carbocycles. The molecular weight excluding hydrogens is 310 g/mol. The molecule has 3 aromatic rings. The van der Waals surface area contributed by atoms with Gasteiger partial charge in [-0.3, -0.25) is 0 Å². The number of fused-ring (bicyclic) bond motifs is 1.